The van der Waals surface area contributed by atoms with Crippen molar-refractivity contribution in [1.29, 1.82) is 0 Å². The van der Waals surface area contributed by atoms with E-state index in [-0.39, 0.29) is 12.4 Å². The Morgan fingerprint density at radius 3 is 2.35 bits per heavy atom. The lowest BCUT2D eigenvalue weighted by atomic mass is 10.0. The highest BCUT2D eigenvalue weighted by Gasteiger charge is 2.17. The molecule has 0 fully saturated rings. The molecule has 31 heavy (non-hydrogen) atoms. The molecule has 0 saturated carbocycles. The molecule has 5 heteroatoms. The Kier molecular flexibility index (Phi) is 5.76. The second-order valence-electron chi connectivity index (χ2n) is 7.17. The summed E-state index contributed by atoms with van der Waals surface area (Å²) in [5, 5.41) is 0.689. The van der Waals surface area contributed by atoms with Crippen LogP contribution in [0.25, 0.3) is 22.2 Å². The number of ketones is 1. The highest BCUT2D eigenvalue weighted by atomic mass is 16.5. The van der Waals surface area contributed by atoms with Crippen LogP contribution in [-0.4, -0.2) is 30.5 Å². The summed E-state index contributed by atoms with van der Waals surface area (Å²) in [6.07, 6.45) is 0. The summed E-state index contributed by atoms with van der Waals surface area (Å²) in [4.78, 5) is 30.0. The zero-order valence-corrected chi connectivity index (χ0v) is 17.3. The average molecular weight is 411 g/mol. The van der Waals surface area contributed by atoms with E-state index in [1.54, 1.807) is 37.4 Å². The Hall–Kier alpha value is -3.99. The van der Waals surface area contributed by atoms with Gasteiger partial charge in [0, 0.05) is 16.5 Å². The SMILES string of the molecule is COc1ccc(-c2cc(C(=O)OCC(=O)c3ccccc3)c3cc(C)ccc3n2)cc1. The van der Waals surface area contributed by atoms with Crippen LogP contribution in [0, 0.1) is 6.92 Å². The fourth-order valence-electron chi connectivity index (χ4n) is 3.33. The summed E-state index contributed by atoms with van der Waals surface area (Å²) in [5.41, 5.74) is 4.05. The van der Waals surface area contributed by atoms with E-state index in [2.05, 4.69) is 0 Å². The summed E-state index contributed by atoms with van der Waals surface area (Å²) >= 11 is 0. The molecule has 0 amide bonds. The number of methoxy groups -OCH3 is 1. The van der Waals surface area contributed by atoms with Crippen molar-refractivity contribution in [2.24, 2.45) is 0 Å². The first-order chi connectivity index (χ1) is 15.0. The van der Waals surface area contributed by atoms with E-state index in [4.69, 9.17) is 14.5 Å². The molecule has 154 valence electrons. The first kappa shape index (κ1) is 20.3. The van der Waals surface area contributed by atoms with Crippen molar-refractivity contribution in [2.45, 2.75) is 6.92 Å². The van der Waals surface area contributed by atoms with Gasteiger partial charge < -0.3 is 9.47 Å². The van der Waals surface area contributed by atoms with Gasteiger partial charge >= 0.3 is 5.97 Å². The van der Waals surface area contributed by atoms with Crippen LogP contribution in [0.15, 0.2) is 78.9 Å². The minimum absolute atomic E-state index is 0.251. The average Bonchev–Trinajstić information content (AvgIpc) is 2.82. The lowest BCUT2D eigenvalue weighted by Crippen LogP contribution is -2.15. The Labute approximate surface area is 180 Å². The molecule has 0 aliphatic rings. The van der Waals surface area contributed by atoms with Crippen LogP contribution in [-0.2, 0) is 4.74 Å². The maximum atomic E-state index is 13.0. The van der Waals surface area contributed by atoms with Gasteiger partial charge in [-0.05, 0) is 49.4 Å². The summed E-state index contributed by atoms with van der Waals surface area (Å²) in [6, 6.07) is 23.6. The second kappa shape index (κ2) is 8.79. The zero-order chi connectivity index (χ0) is 21.8. The molecule has 3 aromatic carbocycles. The van der Waals surface area contributed by atoms with Crippen LogP contribution in [0.1, 0.15) is 26.3 Å². The van der Waals surface area contributed by atoms with Gasteiger partial charge in [-0.2, -0.15) is 0 Å². The molecule has 0 spiro atoms. The molecule has 0 aliphatic carbocycles. The van der Waals surface area contributed by atoms with Crippen molar-refractivity contribution in [3.8, 4) is 17.0 Å². The molecule has 1 heterocycles. The smallest absolute Gasteiger partial charge is 0.339 e. The Balaban J connectivity index is 1.68. The van der Waals surface area contributed by atoms with Gasteiger partial charge in [-0.15, -0.1) is 0 Å². The predicted molar refractivity (Wildman–Crippen MR) is 120 cm³/mol. The molecule has 0 bridgehead atoms. The quantitative estimate of drug-likeness (QED) is 0.320. The standard InChI is InChI=1S/C26H21NO4/c1-17-8-13-23-21(14-17)22(15-24(27-23)18-9-11-20(30-2)12-10-18)26(29)31-16-25(28)19-6-4-3-5-7-19/h3-15H,16H2,1-2H3. The maximum absolute atomic E-state index is 13.0. The number of fused-ring (bicyclic) bond motifs is 1. The van der Waals surface area contributed by atoms with Gasteiger partial charge in [0.15, 0.2) is 12.4 Å². The molecule has 0 aliphatic heterocycles. The number of Topliss-reactive ketones (excluding diaryl/α,β-unsaturated/α-hetero) is 1. The summed E-state index contributed by atoms with van der Waals surface area (Å²) in [5.74, 6) is -0.0739. The molecule has 1 aromatic heterocycles. The van der Waals surface area contributed by atoms with E-state index in [9.17, 15) is 9.59 Å². The highest BCUT2D eigenvalue weighted by Crippen LogP contribution is 2.27. The normalized spacial score (nSPS) is 10.6. The number of carbonyl (C=O) groups excluding carboxylic acids is 2. The molecule has 0 radical (unpaired) electrons. The van der Waals surface area contributed by atoms with E-state index in [0.717, 1.165) is 16.9 Å². The monoisotopic (exact) mass is 411 g/mol. The van der Waals surface area contributed by atoms with E-state index >= 15 is 0 Å². The van der Waals surface area contributed by atoms with E-state index < -0.39 is 5.97 Å². The zero-order valence-electron chi connectivity index (χ0n) is 17.3. The molecule has 0 atom stereocenters. The van der Waals surface area contributed by atoms with E-state index in [1.807, 2.05) is 55.5 Å². The number of carbonyl (C=O) groups is 2. The lowest BCUT2D eigenvalue weighted by molar-refractivity contribution is 0.0476. The highest BCUT2D eigenvalue weighted by molar-refractivity contribution is 6.06. The number of pyridine rings is 1. The summed E-state index contributed by atoms with van der Waals surface area (Å²) < 4.78 is 10.6. The summed E-state index contributed by atoms with van der Waals surface area (Å²) in [7, 11) is 1.61. The fourth-order valence-corrected chi connectivity index (χ4v) is 3.33. The summed E-state index contributed by atoms with van der Waals surface area (Å²) in [6.45, 7) is 1.63. The maximum Gasteiger partial charge on any atom is 0.339 e. The van der Waals surface area contributed by atoms with Crippen LogP contribution >= 0.6 is 0 Å². The van der Waals surface area contributed by atoms with Crippen LogP contribution < -0.4 is 4.74 Å². The van der Waals surface area contributed by atoms with Crippen LogP contribution in [0.4, 0.5) is 0 Å². The Bertz CT molecular complexity index is 1250. The molecule has 0 N–H and O–H groups in total. The van der Waals surface area contributed by atoms with Gasteiger partial charge in [0.2, 0.25) is 0 Å². The van der Waals surface area contributed by atoms with Gasteiger partial charge in [-0.25, -0.2) is 9.78 Å². The molecule has 0 saturated heterocycles. The number of hydrogen-bond acceptors (Lipinski definition) is 5. The molecule has 4 rings (SSSR count). The van der Waals surface area contributed by atoms with Crippen molar-refractivity contribution in [2.75, 3.05) is 13.7 Å². The number of rotatable bonds is 6. The van der Waals surface area contributed by atoms with E-state index in [1.165, 1.54) is 0 Å². The van der Waals surface area contributed by atoms with Crippen molar-refractivity contribution >= 4 is 22.7 Å². The topological polar surface area (TPSA) is 65.5 Å². The van der Waals surface area contributed by atoms with Crippen LogP contribution in [0.5, 0.6) is 5.75 Å². The third-order valence-corrected chi connectivity index (χ3v) is 5.00. The first-order valence-electron chi connectivity index (χ1n) is 9.86. The molecule has 0 unspecified atom stereocenters. The largest absolute Gasteiger partial charge is 0.497 e. The molecule has 5 nitrogen and oxygen atoms in total. The van der Waals surface area contributed by atoms with Crippen molar-refractivity contribution in [3.05, 3.63) is 95.6 Å². The number of hydrogen-bond donors (Lipinski definition) is 0. The Morgan fingerprint density at radius 2 is 1.65 bits per heavy atom. The number of aromatic nitrogens is 1. The van der Waals surface area contributed by atoms with Crippen LogP contribution in [0.2, 0.25) is 0 Å². The fraction of sp³-hybridized carbons (Fsp3) is 0.115. The Morgan fingerprint density at radius 1 is 0.903 bits per heavy atom. The van der Waals surface area contributed by atoms with Crippen molar-refractivity contribution < 1.29 is 19.1 Å². The lowest BCUT2D eigenvalue weighted by Gasteiger charge is -2.11. The van der Waals surface area contributed by atoms with Gasteiger partial charge in [-0.3, -0.25) is 4.79 Å². The predicted octanol–water partition coefficient (Wildman–Crippen LogP) is 5.26. The second-order valence-corrected chi connectivity index (χ2v) is 7.17. The number of esters is 1. The number of benzene rings is 3. The molecule has 4 aromatic rings. The third-order valence-electron chi connectivity index (χ3n) is 5.00. The minimum atomic E-state index is -0.558. The minimum Gasteiger partial charge on any atom is -0.497 e. The van der Waals surface area contributed by atoms with Gasteiger partial charge in [0.1, 0.15) is 5.75 Å². The number of aryl methyl sites for hydroxylation is 1. The molecular weight excluding hydrogens is 390 g/mol. The third kappa shape index (κ3) is 4.46. The molecular formula is C26H21NO4. The van der Waals surface area contributed by atoms with Gasteiger partial charge in [0.25, 0.3) is 0 Å². The van der Waals surface area contributed by atoms with Gasteiger partial charge in [0.05, 0.1) is 23.9 Å². The van der Waals surface area contributed by atoms with Crippen molar-refractivity contribution in [3.63, 3.8) is 0 Å². The van der Waals surface area contributed by atoms with Gasteiger partial charge in [-0.1, -0.05) is 42.0 Å². The number of ether oxygens (including phenoxy) is 2. The van der Waals surface area contributed by atoms with E-state index in [0.29, 0.717) is 27.7 Å². The van der Waals surface area contributed by atoms with Crippen LogP contribution in [0.3, 0.4) is 0 Å². The number of nitrogens with zero attached hydrogens (tertiary/aromatic N) is 1. The van der Waals surface area contributed by atoms with Crippen molar-refractivity contribution in [1.82, 2.24) is 4.98 Å². The first-order valence-corrected chi connectivity index (χ1v) is 9.86.